The molecule has 0 aliphatic carbocycles. The van der Waals surface area contributed by atoms with Crippen LogP contribution in [0.25, 0.3) is 16.7 Å². The number of fused-ring (bicyclic) bond motifs is 1. The van der Waals surface area contributed by atoms with E-state index in [1.54, 1.807) is 12.1 Å². The van der Waals surface area contributed by atoms with Gasteiger partial charge in [-0.3, -0.25) is 14.6 Å². The lowest BCUT2D eigenvalue weighted by atomic mass is 9.84. The van der Waals surface area contributed by atoms with Crippen LogP contribution >= 0.6 is 11.6 Å². The molecule has 2 aromatic heterocycles. The molecule has 0 bridgehead atoms. The van der Waals surface area contributed by atoms with E-state index in [0.29, 0.717) is 77.3 Å². The molecule has 15 heteroatoms. The number of nitrogens with one attached hydrogen (secondary N) is 3. The average Bonchev–Trinajstić information content (AvgIpc) is 3.76. The average molecular weight is 1030 g/mol. The highest BCUT2D eigenvalue weighted by Crippen LogP contribution is 2.38. The van der Waals surface area contributed by atoms with Crippen molar-refractivity contribution >= 4 is 40.4 Å². The number of rotatable bonds is 34. The Morgan fingerprint density at radius 3 is 1.97 bits per heavy atom. The number of carbonyl (C=O) groups is 1. The molecule has 4 rings (SSSR count). The van der Waals surface area contributed by atoms with Gasteiger partial charge in [0.05, 0.1) is 5.54 Å². The van der Waals surface area contributed by atoms with Gasteiger partial charge >= 0.3 is 0 Å². The van der Waals surface area contributed by atoms with Crippen molar-refractivity contribution in [1.82, 2.24) is 50.4 Å². The summed E-state index contributed by atoms with van der Waals surface area (Å²) in [6.45, 7) is 38.4. The van der Waals surface area contributed by atoms with E-state index in [1.807, 2.05) is 18.2 Å². The number of hydrogen-bond acceptors (Lipinski definition) is 12. The van der Waals surface area contributed by atoms with Gasteiger partial charge < -0.3 is 26.0 Å². The Morgan fingerprint density at radius 1 is 0.726 bits per heavy atom. The molecule has 0 unspecified atom stereocenters. The molecule has 4 aromatic rings. The summed E-state index contributed by atoms with van der Waals surface area (Å²) >= 11 is 6.25. The van der Waals surface area contributed by atoms with E-state index in [1.165, 1.54) is 49.7 Å². The summed E-state index contributed by atoms with van der Waals surface area (Å²) in [6.07, 6.45) is 14.2. The van der Waals surface area contributed by atoms with Crippen LogP contribution in [0.5, 0.6) is 5.75 Å². The second-order valence-corrected chi connectivity index (χ2v) is 22.9. The first-order valence-electron chi connectivity index (χ1n) is 28.4. The summed E-state index contributed by atoms with van der Waals surface area (Å²) in [5.74, 6) is 2.11. The second kappa shape index (κ2) is 29.8. The minimum atomic E-state index is -0.384. The van der Waals surface area contributed by atoms with Crippen molar-refractivity contribution in [1.29, 1.82) is 0 Å². The minimum Gasteiger partial charge on any atom is -0.505 e. The predicted octanol–water partition coefficient (Wildman–Crippen LogP) is 12.4. The first-order valence-corrected chi connectivity index (χ1v) is 28.8. The van der Waals surface area contributed by atoms with Crippen LogP contribution in [0.2, 0.25) is 5.02 Å². The first kappa shape index (κ1) is 61.4. The van der Waals surface area contributed by atoms with Gasteiger partial charge in [-0.25, -0.2) is 0 Å². The van der Waals surface area contributed by atoms with Crippen molar-refractivity contribution in [3.05, 3.63) is 52.3 Å². The van der Waals surface area contributed by atoms with Crippen LogP contribution in [-0.4, -0.2) is 120 Å². The zero-order chi connectivity index (χ0) is 53.9. The predicted molar refractivity (Wildman–Crippen MR) is 307 cm³/mol. The molecule has 2 heterocycles. The third-order valence-electron chi connectivity index (χ3n) is 14.7. The van der Waals surface area contributed by atoms with Gasteiger partial charge in [0.2, 0.25) is 17.8 Å². The van der Waals surface area contributed by atoms with Crippen molar-refractivity contribution in [2.75, 3.05) is 49.5 Å². The summed E-state index contributed by atoms with van der Waals surface area (Å²) in [7, 11) is 0. The number of aromatic nitrogens is 6. The highest BCUT2D eigenvalue weighted by molar-refractivity contribution is 6.31. The number of unbranched alkanes of at least 4 members (excludes halogenated alkanes) is 6. The molecular formula is C58H99ClN12O2. The van der Waals surface area contributed by atoms with E-state index in [-0.39, 0.29) is 35.1 Å². The van der Waals surface area contributed by atoms with E-state index in [0.717, 1.165) is 75.2 Å². The van der Waals surface area contributed by atoms with Gasteiger partial charge in [-0.15, -0.1) is 15.0 Å². The second-order valence-electron chi connectivity index (χ2n) is 22.5. The SMILES string of the molecule is CCC(CC)N(CCCCCCN(c1nc(NCCNC(=O)CCc2cc(-n3nc4ccc(Cl)cc4n3)c(O)c(C(C)(C)C)c2)nc(C(CC)(CC)N(CCCCCCNC(C)C)C(C)C)n1)C(C)C)C(C)C. The van der Waals surface area contributed by atoms with E-state index < -0.39 is 0 Å². The Balaban J connectivity index is 1.53. The van der Waals surface area contributed by atoms with E-state index in [2.05, 4.69) is 145 Å². The van der Waals surface area contributed by atoms with Gasteiger partial charge in [0, 0.05) is 66.9 Å². The van der Waals surface area contributed by atoms with Crippen molar-refractivity contribution in [2.24, 2.45) is 0 Å². The van der Waals surface area contributed by atoms with E-state index >= 15 is 0 Å². The summed E-state index contributed by atoms with van der Waals surface area (Å²) in [4.78, 5) is 38.5. The number of phenols is 1. The van der Waals surface area contributed by atoms with Crippen LogP contribution in [0.1, 0.15) is 204 Å². The van der Waals surface area contributed by atoms with Gasteiger partial charge in [0.1, 0.15) is 22.5 Å². The number of aromatic hydroxyl groups is 1. The Kier molecular flexibility index (Phi) is 25.1. The summed E-state index contributed by atoms with van der Waals surface area (Å²) in [5, 5.41) is 31.5. The molecule has 0 saturated heterocycles. The number of halogens is 1. The smallest absolute Gasteiger partial charge is 0.230 e. The largest absolute Gasteiger partial charge is 0.505 e. The Bertz CT molecular complexity index is 2250. The van der Waals surface area contributed by atoms with Gasteiger partial charge in [0.15, 0.2) is 5.82 Å². The number of anilines is 2. The zero-order valence-corrected chi connectivity index (χ0v) is 48.9. The fourth-order valence-corrected chi connectivity index (χ4v) is 10.6. The van der Waals surface area contributed by atoms with Crippen LogP contribution < -0.4 is 20.9 Å². The molecule has 0 aliphatic rings. The van der Waals surface area contributed by atoms with E-state index in [4.69, 9.17) is 26.6 Å². The lowest BCUT2D eigenvalue weighted by molar-refractivity contribution is -0.120. The molecule has 2 aromatic carbocycles. The third kappa shape index (κ3) is 18.0. The monoisotopic (exact) mass is 1030 g/mol. The van der Waals surface area contributed by atoms with Crippen LogP contribution in [-0.2, 0) is 22.2 Å². The number of amides is 1. The first-order chi connectivity index (χ1) is 34.7. The molecule has 0 saturated carbocycles. The topological polar surface area (TPSA) is 152 Å². The highest BCUT2D eigenvalue weighted by atomic mass is 35.5. The number of hydrogen-bond donors (Lipinski definition) is 4. The van der Waals surface area contributed by atoms with E-state index in [9.17, 15) is 9.90 Å². The molecule has 0 fully saturated rings. The van der Waals surface area contributed by atoms with Crippen molar-refractivity contribution in [3.8, 4) is 11.4 Å². The third-order valence-corrected chi connectivity index (χ3v) is 14.9. The fraction of sp³-hybridized carbons (Fsp3) is 0.724. The standard InChI is InChI=1S/C58H99ClN12O2/c1-16-47(17-2)68(42(7)8)35-25-22-23-26-36-69(43(9)10)56-64-54(58(18-3,19-4)70(44(11)12)37-27-21-20-24-32-60-41(5)6)63-55(65-56)62-34-33-61-52(72)31-28-45-38-48(57(13,14)15)53(73)51(39-45)71-66-49-30-29-46(59)40-50(49)67-71/h29-30,38-44,47,60,73H,16-28,31-37H2,1-15H3,(H,61,72)(H,62,63,64,65). The summed E-state index contributed by atoms with van der Waals surface area (Å²) in [5.41, 5.74) is 2.68. The van der Waals surface area contributed by atoms with Crippen LogP contribution in [0.4, 0.5) is 11.9 Å². The van der Waals surface area contributed by atoms with Gasteiger partial charge in [0.25, 0.3) is 0 Å². The van der Waals surface area contributed by atoms with Crippen LogP contribution in [0.3, 0.4) is 0 Å². The quantitative estimate of drug-likeness (QED) is 0.0330. The zero-order valence-electron chi connectivity index (χ0n) is 48.2. The minimum absolute atomic E-state index is 0.0680. The molecule has 410 valence electrons. The number of phenolic OH excluding ortho intramolecular Hbond substituents is 1. The van der Waals surface area contributed by atoms with Crippen molar-refractivity contribution in [2.45, 2.75) is 235 Å². The normalized spacial score (nSPS) is 12.6. The van der Waals surface area contributed by atoms with Gasteiger partial charge in [-0.1, -0.05) is 106 Å². The van der Waals surface area contributed by atoms with Crippen LogP contribution in [0.15, 0.2) is 30.3 Å². The number of nitrogens with zero attached hydrogens (tertiary/aromatic N) is 9. The molecule has 4 N–H and O–H groups in total. The molecule has 73 heavy (non-hydrogen) atoms. The molecule has 0 aliphatic heterocycles. The maximum atomic E-state index is 13.5. The number of benzene rings is 2. The van der Waals surface area contributed by atoms with Gasteiger partial charge in [-0.05, 0) is 154 Å². The molecule has 0 atom stereocenters. The molecule has 0 spiro atoms. The fourth-order valence-electron chi connectivity index (χ4n) is 10.4. The summed E-state index contributed by atoms with van der Waals surface area (Å²) < 4.78 is 0. The molecule has 0 radical (unpaired) electrons. The Hall–Kier alpha value is -4.11. The highest BCUT2D eigenvalue weighted by Gasteiger charge is 2.40. The number of aryl methyl sites for hydroxylation is 1. The maximum Gasteiger partial charge on any atom is 0.230 e. The van der Waals surface area contributed by atoms with Crippen LogP contribution in [0, 0.1) is 0 Å². The number of carbonyl (C=O) groups excluding carboxylic acids is 1. The lowest BCUT2D eigenvalue weighted by Crippen LogP contribution is -2.51. The molecular weight excluding hydrogens is 932 g/mol. The van der Waals surface area contributed by atoms with Gasteiger partial charge in [-0.2, -0.15) is 15.0 Å². The lowest BCUT2D eigenvalue weighted by Gasteiger charge is -2.45. The Labute approximate surface area is 447 Å². The van der Waals surface area contributed by atoms with Crippen molar-refractivity contribution < 1.29 is 9.90 Å². The molecule has 1 amide bonds. The Morgan fingerprint density at radius 2 is 1.37 bits per heavy atom. The summed E-state index contributed by atoms with van der Waals surface area (Å²) in [6, 6.07) is 11.4. The maximum absolute atomic E-state index is 13.5. The molecule has 14 nitrogen and oxygen atoms in total. The van der Waals surface area contributed by atoms with Crippen molar-refractivity contribution in [3.63, 3.8) is 0 Å².